The van der Waals surface area contributed by atoms with Gasteiger partial charge < -0.3 is 5.32 Å². The van der Waals surface area contributed by atoms with E-state index in [9.17, 15) is 0 Å². The fourth-order valence-corrected chi connectivity index (χ4v) is 3.96. The number of hydrogen-bond acceptors (Lipinski definition) is 2. The number of fused-ring (bicyclic) bond motifs is 1. The minimum atomic E-state index is 0.323. The third-order valence-corrected chi connectivity index (χ3v) is 5.27. The minimum absolute atomic E-state index is 0.323. The van der Waals surface area contributed by atoms with Crippen molar-refractivity contribution in [1.82, 2.24) is 5.32 Å². The molecule has 1 atom stereocenters. The molecule has 1 N–H and O–H groups in total. The SMILES string of the molecule is C[C@H](NCc1csc2ccccc12)c1ccccc1Br. The summed E-state index contributed by atoms with van der Waals surface area (Å²) in [4.78, 5) is 0. The fraction of sp³-hybridized carbons (Fsp3) is 0.176. The largest absolute Gasteiger partial charge is 0.306 e. The average molecular weight is 346 g/mol. The monoisotopic (exact) mass is 345 g/mol. The van der Waals surface area contributed by atoms with Gasteiger partial charge in [0, 0.05) is 21.8 Å². The molecule has 0 fully saturated rings. The lowest BCUT2D eigenvalue weighted by Crippen LogP contribution is -2.18. The Morgan fingerprint density at radius 1 is 1.10 bits per heavy atom. The second-order valence-electron chi connectivity index (χ2n) is 4.88. The summed E-state index contributed by atoms with van der Waals surface area (Å²) in [5.74, 6) is 0. The smallest absolute Gasteiger partial charge is 0.0346 e. The maximum atomic E-state index is 3.62. The van der Waals surface area contributed by atoms with Crippen molar-refractivity contribution in [2.45, 2.75) is 19.5 Å². The molecule has 0 unspecified atom stereocenters. The van der Waals surface area contributed by atoms with E-state index in [1.165, 1.54) is 21.2 Å². The molecule has 1 nitrogen and oxygen atoms in total. The molecule has 0 saturated heterocycles. The first-order chi connectivity index (χ1) is 9.75. The second kappa shape index (κ2) is 6.08. The number of benzene rings is 2. The molecule has 0 aliphatic carbocycles. The van der Waals surface area contributed by atoms with E-state index in [4.69, 9.17) is 0 Å². The van der Waals surface area contributed by atoms with Gasteiger partial charge >= 0.3 is 0 Å². The highest BCUT2D eigenvalue weighted by molar-refractivity contribution is 9.10. The van der Waals surface area contributed by atoms with Crippen LogP contribution in [0.3, 0.4) is 0 Å². The van der Waals surface area contributed by atoms with Crippen LogP contribution in [0, 0.1) is 0 Å². The van der Waals surface area contributed by atoms with Crippen LogP contribution in [0.5, 0.6) is 0 Å². The quantitative estimate of drug-likeness (QED) is 0.656. The van der Waals surface area contributed by atoms with Gasteiger partial charge in [-0.3, -0.25) is 0 Å². The van der Waals surface area contributed by atoms with Crippen LogP contribution in [0.1, 0.15) is 24.1 Å². The molecular weight excluding hydrogens is 330 g/mol. The Balaban J connectivity index is 1.75. The van der Waals surface area contributed by atoms with Crippen LogP contribution >= 0.6 is 27.3 Å². The van der Waals surface area contributed by atoms with Crippen molar-refractivity contribution in [2.24, 2.45) is 0 Å². The van der Waals surface area contributed by atoms with E-state index in [0.717, 1.165) is 11.0 Å². The summed E-state index contributed by atoms with van der Waals surface area (Å²) in [5.41, 5.74) is 2.68. The van der Waals surface area contributed by atoms with Gasteiger partial charge in [-0.1, -0.05) is 52.3 Å². The van der Waals surface area contributed by atoms with Crippen LogP contribution in [0.25, 0.3) is 10.1 Å². The molecule has 0 spiro atoms. The van der Waals surface area contributed by atoms with Crippen molar-refractivity contribution < 1.29 is 0 Å². The van der Waals surface area contributed by atoms with Gasteiger partial charge in [0.15, 0.2) is 0 Å². The number of halogens is 1. The molecule has 0 amide bonds. The summed E-state index contributed by atoms with van der Waals surface area (Å²) in [6.07, 6.45) is 0. The maximum absolute atomic E-state index is 3.62. The van der Waals surface area contributed by atoms with Crippen LogP contribution in [0.2, 0.25) is 0 Å². The topological polar surface area (TPSA) is 12.0 Å². The zero-order chi connectivity index (χ0) is 13.9. The van der Waals surface area contributed by atoms with Crippen molar-refractivity contribution >= 4 is 37.4 Å². The molecule has 3 heteroatoms. The normalized spacial score (nSPS) is 12.7. The lowest BCUT2D eigenvalue weighted by Gasteiger charge is -2.15. The fourth-order valence-electron chi connectivity index (χ4n) is 2.37. The number of hydrogen-bond donors (Lipinski definition) is 1. The van der Waals surface area contributed by atoms with Gasteiger partial charge in [0.1, 0.15) is 0 Å². The van der Waals surface area contributed by atoms with E-state index in [2.05, 4.69) is 76.0 Å². The van der Waals surface area contributed by atoms with E-state index < -0.39 is 0 Å². The third-order valence-electron chi connectivity index (χ3n) is 3.53. The summed E-state index contributed by atoms with van der Waals surface area (Å²) in [6, 6.07) is 17.3. The predicted octanol–water partition coefficient (Wildman–Crippen LogP) is 5.51. The van der Waals surface area contributed by atoms with Gasteiger partial charge in [0.2, 0.25) is 0 Å². The van der Waals surface area contributed by atoms with Crippen molar-refractivity contribution in [2.75, 3.05) is 0 Å². The molecule has 0 aliphatic rings. The zero-order valence-corrected chi connectivity index (χ0v) is 13.7. The third kappa shape index (κ3) is 2.80. The highest BCUT2D eigenvalue weighted by atomic mass is 79.9. The molecule has 102 valence electrons. The van der Waals surface area contributed by atoms with Gasteiger partial charge in [0.25, 0.3) is 0 Å². The zero-order valence-electron chi connectivity index (χ0n) is 11.3. The lowest BCUT2D eigenvalue weighted by atomic mass is 10.1. The van der Waals surface area contributed by atoms with E-state index >= 15 is 0 Å². The van der Waals surface area contributed by atoms with Gasteiger partial charge in [-0.25, -0.2) is 0 Å². The minimum Gasteiger partial charge on any atom is -0.306 e. The summed E-state index contributed by atoms with van der Waals surface area (Å²) in [6.45, 7) is 3.10. The first kappa shape index (κ1) is 13.8. The van der Waals surface area contributed by atoms with Gasteiger partial charge in [-0.05, 0) is 40.9 Å². The van der Waals surface area contributed by atoms with Crippen molar-refractivity contribution in [3.05, 3.63) is 69.5 Å². The molecule has 0 bridgehead atoms. The van der Waals surface area contributed by atoms with E-state index in [1.807, 2.05) is 17.4 Å². The summed E-state index contributed by atoms with van der Waals surface area (Å²) >= 11 is 5.43. The second-order valence-corrected chi connectivity index (χ2v) is 6.65. The van der Waals surface area contributed by atoms with E-state index in [0.29, 0.717) is 6.04 Å². The molecule has 0 radical (unpaired) electrons. The highest BCUT2D eigenvalue weighted by Crippen LogP contribution is 2.27. The Kier molecular flexibility index (Phi) is 4.20. The lowest BCUT2D eigenvalue weighted by molar-refractivity contribution is 0.575. The molecule has 2 aromatic carbocycles. The van der Waals surface area contributed by atoms with E-state index in [-0.39, 0.29) is 0 Å². The van der Waals surface area contributed by atoms with Crippen molar-refractivity contribution in [3.8, 4) is 0 Å². The Morgan fingerprint density at radius 3 is 2.70 bits per heavy atom. The van der Waals surface area contributed by atoms with Crippen LogP contribution in [0.15, 0.2) is 58.4 Å². The Bertz CT molecular complexity index is 720. The first-order valence-electron chi connectivity index (χ1n) is 6.68. The van der Waals surface area contributed by atoms with E-state index in [1.54, 1.807) is 0 Å². The summed E-state index contributed by atoms with van der Waals surface area (Å²) in [5, 5.41) is 7.23. The van der Waals surface area contributed by atoms with Gasteiger partial charge in [0.05, 0.1) is 0 Å². The molecular formula is C17H16BrNS. The summed E-state index contributed by atoms with van der Waals surface area (Å²) < 4.78 is 2.52. The molecule has 1 heterocycles. The standard InChI is InChI=1S/C17H16BrNS/c1-12(14-6-2-4-8-16(14)18)19-10-13-11-20-17-9-5-3-7-15(13)17/h2-9,11-12,19H,10H2,1H3/t12-/m0/s1. The van der Waals surface area contributed by atoms with Crippen molar-refractivity contribution in [3.63, 3.8) is 0 Å². The molecule has 0 aliphatic heterocycles. The van der Waals surface area contributed by atoms with Gasteiger partial charge in [-0.2, -0.15) is 0 Å². The Hall–Kier alpha value is -1.16. The molecule has 3 rings (SSSR count). The highest BCUT2D eigenvalue weighted by Gasteiger charge is 2.09. The molecule has 3 aromatic rings. The van der Waals surface area contributed by atoms with Crippen LogP contribution in [-0.4, -0.2) is 0 Å². The van der Waals surface area contributed by atoms with Crippen LogP contribution in [0.4, 0.5) is 0 Å². The Labute approximate surface area is 131 Å². The van der Waals surface area contributed by atoms with Gasteiger partial charge in [-0.15, -0.1) is 11.3 Å². The number of nitrogens with one attached hydrogen (secondary N) is 1. The molecule has 20 heavy (non-hydrogen) atoms. The predicted molar refractivity (Wildman–Crippen MR) is 91.2 cm³/mol. The maximum Gasteiger partial charge on any atom is 0.0346 e. The average Bonchev–Trinajstić information content (AvgIpc) is 2.88. The first-order valence-corrected chi connectivity index (χ1v) is 8.36. The van der Waals surface area contributed by atoms with Crippen molar-refractivity contribution in [1.29, 1.82) is 0 Å². The summed E-state index contributed by atoms with van der Waals surface area (Å²) in [7, 11) is 0. The Morgan fingerprint density at radius 2 is 1.85 bits per heavy atom. The number of thiophene rings is 1. The van der Waals surface area contributed by atoms with Crippen LogP contribution in [-0.2, 0) is 6.54 Å². The van der Waals surface area contributed by atoms with Crippen LogP contribution < -0.4 is 5.32 Å². The number of rotatable bonds is 4. The molecule has 1 aromatic heterocycles. The molecule has 0 saturated carbocycles.